The molecular formula is C9H18N2. The van der Waals surface area contributed by atoms with Gasteiger partial charge in [0.2, 0.25) is 0 Å². The minimum atomic E-state index is 0.632. The standard InChI is InChI=1S/C9H18N2/c10-11-8-4-7-9(8)5-2-1-3-6-9/h8,11H,1-7,10H2. The molecule has 2 nitrogen and oxygen atoms in total. The topological polar surface area (TPSA) is 38.0 Å². The van der Waals surface area contributed by atoms with E-state index in [1.807, 2.05) is 0 Å². The van der Waals surface area contributed by atoms with Crippen LogP contribution in [0.3, 0.4) is 0 Å². The molecule has 11 heavy (non-hydrogen) atoms. The monoisotopic (exact) mass is 154 g/mol. The van der Waals surface area contributed by atoms with Gasteiger partial charge in [0.1, 0.15) is 0 Å². The number of nitrogens with two attached hydrogens (primary N) is 1. The van der Waals surface area contributed by atoms with Gasteiger partial charge in [0.05, 0.1) is 0 Å². The highest BCUT2D eigenvalue weighted by Crippen LogP contribution is 2.51. The molecule has 2 heteroatoms. The van der Waals surface area contributed by atoms with Gasteiger partial charge in [-0.3, -0.25) is 11.3 Å². The Hall–Kier alpha value is -0.0800. The van der Waals surface area contributed by atoms with Crippen LogP contribution >= 0.6 is 0 Å². The molecule has 0 bridgehead atoms. The lowest BCUT2D eigenvalue weighted by atomic mass is 9.57. The molecule has 64 valence electrons. The second kappa shape index (κ2) is 2.76. The summed E-state index contributed by atoms with van der Waals surface area (Å²) in [4.78, 5) is 0. The van der Waals surface area contributed by atoms with Crippen molar-refractivity contribution in [2.24, 2.45) is 11.3 Å². The molecule has 1 atom stereocenters. The zero-order valence-corrected chi connectivity index (χ0v) is 7.10. The number of hydrazine groups is 1. The Morgan fingerprint density at radius 2 is 1.82 bits per heavy atom. The van der Waals surface area contributed by atoms with Crippen LogP contribution in [0.5, 0.6) is 0 Å². The van der Waals surface area contributed by atoms with E-state index in [0.717, 1.165) is 0 Å². The first-order valence-corrected chi connectivity index (χ1v) is 4.83. The lowest BCUT2D eigenvalue weighted by molar-refractivity contribution is 0.0233. The maximum atomic E-state index is 5.49. The second-order valence-corrected chi connectivity index (χ2v) is 4.18. The van der Waals surface area contributed by atoms with Crippen LogP contribution in [0.15, 0.2) is 0 Å². The fourth-order valence-corrected chi connectivity index (χ4v) is 2.81. The molecule has 1 spiro atoms. The summed E-state index contributed by atoms with van der Waals surface area (Å²) < 4.78 is 0. The molecule has 0 amide bonds. The summed E-state index contributed by atoms with van der Waals surface area (Å²) in [5.74, 6) is 5.49. The molecule has 0 aromatic carbocycles. The van der Waals surface area contributed by atoms with Crippen molar-refractivity contribution in [3.05, 3.63) is 0 Å². The van der Waals surface area contributed by atoms with Crippen molar-refractivity contribution in [1.82, 2.24) is 5.43 Å². The van der Waals surface area contributed by atoms with Crippen molar-refractivity contribution < 1.29 is 0 Å². The first-order valence-electron chi connectivity index (χ1n) is 4.83. The predicted molar refractivity (Wildman–Crippen MR) is 45.9 cm³/mol. The molecule has 2 rings (SSSR count). The Morgan fingerprint density at radius 3 is 2.27 bits per heavy atom. The van der Waals surface area contributed by atoms with E-state index in [9.17, 15) is 0 Å². The number of hydrogen-bond donors (Lipinski definition) is 2. The van der Waals surface area contributed by atoms with E-state index in [1.165, 1.54) is 44.9 Å². The minimum Gasteiger partial charge on any atom is -0.271 e. The third kappa shape index (κ3) is 1.09. The molecule has 2 aliphatic carbocycles. The van der Waals surface area contributed by atoms with Crippen LogP contribution in [0.2, 0.25) is 0 Å². The normalized spacial score (nSPS) is 35.2. The van der Waals surface area contributed by atoms with Gasteiger partial charge in [-0.25, -0.2) is 0 Å². The van der Waals surface area contributed by atoms with E-state index >= 15 is 0 Å². The zero-order chi connectivity index (χ0) is 7.73. The van der Waals surface area contributed by atoms with E-state index in [1.54, 1.807) is 0 Å². The molecule has 0 saturated heterocycles. The SMILES string of the molecule is NNC1CCC12CCCCC2. The van der Waals surface area contributed by atoms with Crippen molar-refractivity contribution in [2.45, 2.75) is 51.0 Å². The molecule has 0 heterocycles. The minimum absolute atomic E-state index is 0.632. The summed E-state index contributed by atoms with van der Waals surface area (Å²) in [5.41, 5.74) is 3.59. The Morgan fingerprint density at radius 1 is 1.09 bits per heavy atom. The van der Waals surface area contributed by atoms with Crippen molar-refractivity contribution >= 4 is 0 Å². The van der Waals surface area contributed by atoms with Gasteiger partial charge < -0.3 is 0 Å². The van der Waals surface area contributed by atoms with Gasteiger partial charge in [0, 0.05) is 6.04 Å². The van der Waals surface area contributed by atoms with Crippen LogP contribution in [0, 0.1) is 5.41 Å². The maximum absolute atomic E-state index is 5.49. The largest absolute Gasteiger partial charge is 0.271 e. The van der Waals surface area contributed by atoms with E-state index in [-0.39, 0.29) is 0 Å². The van der Waals surface area contributed by atoms with Crippen LogP contribution in [0.25, 0.3) is 0 Å². The predicted octanol–water partition coefficient (Wildman–Crippen LogP) is 1.56. The number of nitrogens with one attached hydrogen (secondary N) is 1. The van der Waals surface area contributed by atoms with Crippen LogP contribution in [-0.4, -0.2) is 6.04 Å². The second-order valence-electron chi connectivity index (χ2n) is 4.18. The fraction of sp³-hybridized carbons (Fsp3) is 1.00. The van der Waals surface area contributed by atoms with Gasteiger partial charge in [0.25, 0.3) is 0 Å². The molecule has 0 aromatic rings. The van der Waals surface area contributed by atoms with Gasteiger partial charge in [-0.05, 0) is 31.1 Å². The first kappa shape index (κ1) is 7.56. The summed E-state index contributed by atoms with van der Waals surface area (Å²) in [6, 6.07) is 0.641. The zero-order valence-electron chi connectivity index (χ0n) is 7.10. The van der Waals surface area contributed by atoms with Crippen LogP contribution in [0.4, 0.5) is 0 Å². The average molecular weight is 154 g/mol. The summed E-state index contributed by atoms with van der Waals surface area (Å²) >= 11 is 0. The smallest absolute Gasteiger partial charge is 0.0267 e. The Labute approximate surface area is 68.5 Å². The Bertz CT molecular complexity index is 136. The van der Waals surface area contributed by atoms with Crippen LogP contribution in [-0.2, 0) is 0 Å². The summed E-state index contributed by atoms with van der Waals surface area (Å²) in [6.45, 7) is 0. The van der Waals surface area contributed by atoms with Gasteiger partial charge in [-0.2, -0.15) is 0 Å². The van der Waals surface area contributed by atoms with Crippen LogP contribution < -0.4 is 11.3 Å². The summed E-state index contributed by atoms with van der Waals surface area (Å²) in [7, 11) is 0. The highest BCUT2D eigenvalue weighted by atomic mass is 15.2. The maximum Gasteiger partial charge on any atom is 0.0267 e. The molecular weight excluding hydrogens is 136 g/mol. The third-order valence-corrected chi connectivity index (χ3v) is 3.72. The van der Waals surface area contributed by atoms with Crippen molar-refractivity contribution in [3.63, 3.8) is 0 Å². The van der Waals surface area contributed by atoms with E-state index in [0.29, 0.717) is 11.5 Å². The van der Waals surface area contributed by atoms with Gasteiger partial charge in [0.15, 0.2) is 0 Å². The van der Waals surface area contributed by atoms with Crippen LogP contribution in [0.1, 0.15) is 44.9 Å². The van der Waals surface area contributed by atoms with E-state index in [2.05, 4.69) is 5.43 Å². The van der Waals surface area contributed by atoms with Crippen molar-refractivity contribution in [3.8, 4) is 0 Å². The van der Waals surface area contributed by atoms with Crippen molar-refractivity contribution in [1.29, 1.82) is 0 Å². The molecule has 1 unspecified atom stereocenters. The van der Waals surface area contributed by atoms with E-state index in [4.69, 9.17) is 5.84 Å². The lowest BCUT2D eigenvalue weighted by Crippen LogP contribution is -2.56. The van der Waals surface area contributed by atoms with Gasteiger partial charge in [-0.1, -0.05) is 19.3 Å². The van der Waals surface area contributed by atoms with Gasteiger partial charge in [-0.15, -0.1) is 0 Å². The highest BCUT2D eigenvalue weighted by molar-refractivity contribution is 5.00. The molecule has 2 saturated carbocycles. The number of rotatable bonds is 1. The highest BCUT2D eigenvalue weighted by Gasteiger charge is 2.46. The molecule has 2 fully saturated rings. The Kier molecular flexibility index (Phi) is 1.90. The number of hydrogen-bond acceptors (Lipinski definition) is 2. The third-order valence-electron chi connectivity index (χ3n) is 3.72. The summed E-state index contributed by atoms with van der Waals surface area (Å²) in [5, 5.41) is 0. The molecule has 0 aliphatic heterocycles. The average Bonchev–Trinajstić information content (AvgIpc) is 2.05. The molecule has 0 aromatic heterocycles. The van der Waals surface area contributed by atoms with Crippen molar-refractivity contribution in [2.75, 3.05) is 0 Å². The van der Waals surface area contributed by atoms with Gasteiger partial charge >= 0.3 is 0 Å². The molecule has 3 N–H and O–H groups in total. The Balaban J connectivity index is 1.97. The summed E-state index contributed by atoms with van der Waals surface area (Å²) in [6.07, 6.45) is 9.86. The first-order chi connectivity index (χ1) is 5.37. The quantitative estimate of drug-likeness (QED) is 0.444. The fourth-order valence-electron chi connectivity index (χ4n) is 2.81. The molecule has 0 radical (unpaired) electrons. The lowest BCUT2D eigenvalue weighted by Gasteiger charge is -2.51. The molecule has 2 aliphatic rings. The van der Waals surface area contributed by atoms with E-state index < -0.39 is 0 Å².